The van der Waals surface area contributed by atoms with Crippen molar-refractivity contribution in [2.75, 3.05) is 12.9 Å². The summed E-state index contributed by atoms with van der Waals surface area (Å²) in [4.78, 5) is 11.9. The third-order valence-corrected chi connectivity index (χ3v) is 7.70. The van der Waals surface area contributed by atoms with Gasteiger partial charge in [0.2, 0.25) is 0 Å². The van der Waals surface area contributed by atoms with Gasteiger partial charge in [-0.05, 0) is 47.2 Å². The van der Waals surface area contributed by atoms with E-state index in [9.17, 15) is 13.2 Å². The number of hydrogen-bond acceptors (Lipinski definition) is 5. The predicted molar refractivity (Wildman–Crippen MR) is 116 cm³/mol. The van der Waals surface area contributed by atoms with Gasteiger partial charge in [0.05, 0.1) is 17.5 Å². The Morgan fingerprint density at radius 2 is 2.00 bits per heavy atom. The molecule has 0 amide bonds. The molecule has 0 saturated carbocycles. The van der Waals surface area contributed by atoms with Crippen LogP contribution in [0.1, 0.15) is 23.5 Å². The summed E-state index contributed by atoms with van der Waals surface area (Å²) in [5, 5.41) is 2.95. The molecule has 150 valence electrons. The molecule has 2 aromatic carbocycles. The van der Waals surface area contributed by atoms with Gasteiger partial charge in [0.1, 0.15) is 0 Å². The van der Waals surface area contributed by atoms with E-state index in [4.69, 9.17) is 4.74 Å². The number of esters is 1. The second kappa shape index (κ2) is 8.08. The third-order valence-electron chi connectivity index (χ3n) is 5.11. The maximum absolute atomic E-state index is 13.3. The smallest absolute Gasteiger partial charge is 0.305 e. The van der Waals surface area contributed by atoms with Crippen molar-refractivity contribution in [2.45, 2.75) is 23.7 Å². The molecule has 0 spiro atoms. The van der Waals surface area contributed by atoms with Gasteiger partial charge >= 0.3 is 5.97 Å². The van der Waals surface area contributed by atoms with Crippen molar-refractivity contribution in [3.05, 3.63) is 77.3 Å². The van der Waals surface area contributed by atoms with Crippen molar-refractivity contribution >= 4 is 38.7 Å². The molecule has 1 aliphatic rings. The van der Waals surface area contributed by atoms with Crippen molar-refractivity contribution in [3.8, 4) is 0 Å². The lowest BCUT2D eigenvalue weighted by Crippen LogP contribution is -2.11. The lowest BCUT2D eigenvalue weighted by atomic mass is 9.98. The van der Waals surface area contributed by atoms with Gasteiger partial charge in [-0.3, -0.25) is 4.79 Å². The topological polar surface area (TPSA) is 65.4 Å². The summed E-state index contributed by atoms with van der Waals surface area (Å²) < 4.78 is 32.6. The Morgan fingerprint density at radius 1 is 1.21 bits per heavy atom. The molecule has 2 heterocycles. The number of rotatable bonds is 6. The zero-order chi connectivity index (χ0) is 20.4. The van der Waals surface area contributed by atoms with Crippen LogP contribution in [0.2, 0.25) is 0 Å². The molecule has 0 radical (unpaired) electrons. The molecule has 1 unspecified atom stereocenters. The molecular formula is C22H21NO4S2. The lowest BCUT2D eigenvalue weighted by molar-refractivity contribution is -0.140. The Morgan fingerprint density at radius 3 is 2.69 bits per heavy atom. The van der Waals surface area contributed by atoms with Crippen LogP contribution in [-0.4, -0.2) is 31.2 Å². The van der Waals surface area contributed by atoms with E-state index < -0.39 is 10.0 Å². The number of allylic oxidation sites excluding steroid dienone is 1. The Hall–Kier alpha value is -2.51. The molecule has 0 N–H and O–H groups in total. The Bertz CT molecular complexity index is 1180. The average Bonchev–Trinajstić information content (AvgIpc) is 3.40. The van der Waals surface area contributed by atoms with Crippen molar-refractivity contribution < 1.29 is 17.9 Å². The van der Waals surface area contributed by atoms with E-state index in [1.165, 1.54) is 11.1 Å². The largest absolute Gasteiger partial charge is 0.469 e. The maximum Gasteiger partial charge on any atom is 0.305 e. The highest BCUT2D eigenvalue weighted by atomic mass is 32.2. The van der Waals surface area contributed by atoms with Crippen molar-refractivity contribution in [1.82, 2.24) is 3.97 Å². The number of nitrogens with zero attached hydrogens (tertiary/aromatic N) is 1. The molecule has 1 aliphatic heterocycles. The van der Waals surface area contributed by atoms with Gasteiger partial charge in [0.25, 0.3) is 10.0 Å². The summed E-state index contributed by atoms with van der Waals surface area (Å²) in [6.07, 6.45) is 4.42. The van der Waals surface area contributed by atoms with Gasteiger partial charge in [0, 0.05) is 29.7 Å². The highest BCUT2D eigenvalue weighted by Gasteiger charge is 2.22. The van der Waals surface area contributed by atoms with E-state index in [1.807, 2.05) is 12.1 Å². The first-order valence-corrected chi connectivity index (χ1v) is 11.8. The highest BCUT2D eigenvalue weighted by molar-refractivity contribution is 8.02. The van der Waals surface area contributed by atoms with E-state index in [0.717, 1.165) is 22.3 Å². The SMILES string of the molecule is COC(=O)CCc1cn(S(=O)(=O)c2ccccc2)c2ccc(C3C=CSC3)cc12. The number of ether oxygens (including phenoxy) is 1. The lowest BCUT2D eigenvalue weighted by Gasteiger charge is -2.10. The molecule has 0 aliphatic carbocycles. The minimum Gasteiger partial charge on any atom is -0.469 e. The first-order valence-electron chi connectivity index (χ1n) is 9.30. The van der Waals surface area contributed by atoms with Crippen molar-refractivity contribution in [2.24, 2.45) is 0 Å². The average molecular weight is 428 g/mol. The number of thioether (sulfide) groups is 1. The number of carbonyl (C=O) groups excluding carboxylic acids is 1. The fourth-order valence-electron chi connectivity index (χ4n) is 3.53. The molecule has 7 heteroatoms. The molecule has 4 rings (SSSR count). The van der Waals surface area contributed by atoms with Crippen LogP contribution in [0.25, 0.3) is 10.9 Å². The summed E-state index contributed by atoms with van der Waals surface area (Å²) in [5.74, 6) is 0.974. The van der Waals surface area contributed by atoms with Gasteiger partial charge in [-0.15, -0.1) is 11.8 Å². The quantitative estimate of drug-likeness (QED) is 0.548. The van der Waals surface area contributed by atoms with E-state index in [-0.39, 0.29) is 17.3 Å². The molecule has 0 fully saturated rings. The maximum atomic E-state index is 13.3. The fraction of sp³-hybridized carbons (Fsp3) is 0.227. The normalized spacial score (nSPS) is 16.4. The third kappa shape index (κ3) is 3.84. The number of aromatic nitrogens is 1. The molecule has 1 aromatic heterocycles. The molecule has 0 bridgehead atoms. The van der Waals surface area contributed by atoms with Gasteiger partial charge in [-0.1, -0.05) is 30.3 Å². The summed E-state index contributed by atoms with van der Waals surface area (Å²) in [6, 6.07) is 14.3. The van der Waals surface area contributed by atoms with Crippen LogP contribution in [0.5, 0.6) is 0 Å². The van der Waals surface area contributed by atoms with Gasteiger partial charge in [-0.2, -0.15) is 0 Å². The number of hydrogen-bond donors (Lipinski definition) is 0. The summed E-state index contributed by atoms with van der Waals surface area (Å²) in [5.41, 5.74) is 2.58. The van der Waals surface area contributed by atoms with Crippen LogP contribution < -0.4 is 0 Å². The number of methoxy groups -OCH3 is 1. The molecule has 5 nitrogen and oxygen atoms in total. The highest BCUT2D eigenvalue weighted by Crippen LogP contribution is 2.34. The first kappa shape index (κ1) is 19.8. The van der Waals surface area contributed by atoms with E-state index in [2.05, 4.69) is 17.6 Å². The number of benzene rings is 2. The predicted octanol–water partition coefficient (Wildman–Crippen LogP) is 4.33. The van der Waals surface area contributed by atoms with Gasteiger partial charge in [0.15, 0.2) is 0 Å². The van der Waals surface area contributed by atoms with Crippen molar-refractivity contribution in [3.63, 3.8) is 0 Å². The second-order valence-electron chi connectivity index (χ2n) is 6.89. The number of aryl methyl sites for hydroxylation is 1. The molecular weight excluding hydrogens is 406 g/mol. The molecule has 29 heavy (non-hydrogen) atoms. The van der Waals surface area contributed by atoms with Crippen LogP contribution >= 0.6 is 11.8 Å². The Labute approximate surface area is 174 Å². The fourth-order valence-corrected chi connectivity index (χ4v) is 5.86. The van der Waals surface area contributed by atoms with Crippen LogP contribution in [0.3, 0.4) is 0 Å². The summed E-state index contributed by atoms with van der Waals surface area (Å²) in [6.45, 7) is 0. The van der Waals surface area contributed by atoms with E-state index >= 15 is 0 Å². The minimum atomic E-state index is -3.74. The van der Waals surface area contributed by atoms with E-state index in [1.54, 1.807) is 48.3 Å². The molecule has 3 aromatic rings. The second-order valence-corrected chi connectivity index (χ2v) is 9.64. The van der Waals surface area contributed by atoms with Crippen LogP contribution in [-0.2, 0) is 26.0 Å². The molecule has 1 atom stereocenters. The Balaban J connectivity index is 1.84. The monoisotopic (exact) mass is 427 g/mol. The first-order chi connectivity index (χ1) is 14.0. The zero-order valence-electron chi connectivity index (χ0n) is 15.9. The Kier molecular flexibility index (Phi) is 5.52. The van der Waals surface area contributed by atoms with Crippen LogP contribution in [0.4, 0.5) is 0 Å². The van der Waals surface area contributed by atoms with Gasteiger partial charge in [-0.25, -0.2) is 12.4 Å². The minimum absolute atomic E-state index is 0.199. The summed E-state index contributed by atoms with van der Waals surface area (Å²) >= 11 is 1.77. The number of fused-ring (bicyclic) bond motifs is 1. The van der Waals surface area contributed by atoms with Crippen LogP contribution in [0, 0.1) is 0 Å². The number of carbonyl (C=O) groups is 1. The van der Waals surface area contributed by atoms with Gasteiger partial charge < -0.3 is 4.74 Å². The van der Waals surface area contributed by atoms with E-state index in [0.29, 0.717) is 17.9 Å². The van der Waals surface area contributed by atoms with Crippen molar-refractivity contribution in [1.29, 1.82) is 0 Å². The standard InChI is InChI=1S/C22H21NO4S2/c1-27-22(24)10-8-17-14-23(29(25,26)19-5-3-2-4-6-19)21-9-7-16(13-20(17)21)18-11-12-28-15-18/h2-7,9,11-14,18H,8,10,15H2,1H3. The zero-order valence-corrected chi connectivity index (χ0v) is 17.6. The summed E-state index contributed by atoms with van der Waals surface area (Å²) in [7, 11) is -2.38. The molecule has 0 saturated heterocycles. The van der Waals surface area contributed by atoms with Crippen LogP contribution in [0.15, 0.2) is 71.1 Å².